The van der Waals surface area contributed by atoms with Crippen molar-refractivity contribution in [2.45, 2.75) is 19.4 Å². The maximum Gasteiger partial charge on any atom is 0.261 e. The fourth-order valence-electron chi connectivity index (χ4n) is 2.77. The van der Waals surface area contributed by atoms with Gasteiger partial charge in [-0.1, -0.05) is 13.0 Å². The molecule has 21 heavy (non-hydrogen) atoms. The Bertz CT molecular complexity index is 475. The van der Waals surface area contributed by atoms with Crippen molar-refractivity contribution >= 4 is 5.91 Å². The lowest BCUT2D eigenvalue weighted by Gasteiger charge is -2.38. The summed E-state index contributed by atoms with van der Waals surface area (Å²) in [5.74, 6) is -0.697. The molecular weight excluding hydrogens is 270 g/mol. The number of hydrogen-bond donors (Lipinski definition) is 3. The Morgan fingerprint density at radius 1 is 1.24 bits per heavy atom. The number of hydrogen-bond acceptors (Lipinski definition) is 5. The van der Waals surface area contributed by atoms with Crippen LogP contribution in [-0.4, -0.2) is 64.7 Å². The highest BCUT2D eigenvalue weighted by atomic mass is 16.3. The van der Waals surface area contributed by atoms with E-state index < -0.39 is 0 Å². The highest BCUT2D eigenvalue weighted by Gasteiger charge is 2.27. The standard InChI is InChI=1S/C15H23N3O3/c1-2-11(10-16)17-6-8-18(9-7-17)15(21)14-12(19)4-3-5-13(14)20/h3-5,11,19-20H,2,6-10,16H2,1H3. The number of phenols is 2. The molecule has 0 saturated carbocycles. The molecule has 1 aliphatic heterocycles. The van der Waals surface area contributed by atoms with E-state index in [4.69, 9.17) is 5.73 Å². The predicted octanol–water partition coefficient (Wildman–Crippen LogP) is 0.593. The van der Waals surface area contributed by atoms with Gasteiger partial charge in [-0.05, 0) is 18.6 Å². The smallest absolute Gasteiger partial charge is 0.261 e. The topological polar surface area (TPSA) is 90.0 Å². The molecule has 6 nitrogen and oxygen atoms in total. The van der Waals surface area contributed by atoms with E-state index in [2.05, 4.69) is 11.8 Å². The number of nitrogens with two attached hydrogens (primary N) is 1. The lowest BCUT2D eigenvalue weighted by atomic mass is 10.1. The Morgan fingerprint density at radius 3 is 2.29 bits per heavy atom. The number of carbonyl (C=O) groups is 1. The average Bonchev–Trinajstić information content (AvgIpc) is 2.49. The van der Waals surface area contributed by atoms with Gasteiger partial charge < -0.3 is 20.8 Å². The number of rotatable bonds is 4. The first-order valence-electron chi connectivity index (χ1n) is 7.32. The molecule has 0 aromatic heterocycles. The number of phenolic OH excluding ortho intramolecular Hbond substituents is 2. The Balaban J connectivity index is 2.04. The van der Waals surface area contributed by atoms with Gasteiger partial charge in [-0.2, -0.15) is 0 Å². The van der Waals surface area contributed by atoms with Gasteiger partial charge in [-0.15, -0.1) is 0 Å². The molecule has 1 aromatic rings. The minimum absolute atomic E-state index is 0.0168. The quantitative estimate of drug-likeness (QED) is 0.756. The summed E-state index contributed by atoms with van der Waals surface area (Å²) in [7, 11) is 0. The second-order valence-electron chi connectivity index (χ2n) is 5.30. The summed E-state index contributed by atoms with van der Waals surface area (Å²) in [4.78, 5) is 16.4. The summed E-state index contributed by atoms with van der Waals surface area (Å²) in [6, 6.07) is 4.67. The zero-order valence-corrected chi connectivity index (χ0v) is 12.3. The van der Waals surface area contributed by atoms with Crippen LogP contribution in [0.4, 0.5) is 0 Å². The van der Waals surface area contributed by atoms with E-state index in [9.17, 15) is 15.0 Å². The predicted molar refractivity (Wildman–Crippen MR) is 80.4 cm³/mol. The SMILES string of the molecule is CCC(CN)N1CCN(C(=O)c2c(O)cccc2O)CC1. The van der Waals surface area contributed by atoms with Gasteiger partial charge in [0.2, 0.25) is 0 Å². The molecular formula is C15H23N3O3. The van der Waals surface area contributed by atoms with Crippen LogP contribution in [0.1, 0.15) is 23.7 Å². The molecule has 0 radical (unpaired) electrons. The molecule has 1 amide bonds. The maximum absolute atomic E-state index is 12.4. The largest absolute Gasteiger partial charge is 0.507 e. The van der Waals surface area contributed by atoms with Crippen LogP contribution in [0.2, 0.25) is 0 Å². The highest BCUT2D eigenvalue weighted by molar-refractivity contribution is 5.99. The molecule has 0 aliphatic carbocycles. The Hall–Kier alpha value is -1.79. The van der Waals surface area contributed by atoms with Gasteiger partial charge in [-0.25, -0.2) is 0 Å². The van der Waals surface area contributed by atoms with Crippen LogP contribution in [0.3, 0.4) is 0 Å². The molecule has 1 unspecified atom stereocenters. The van der Waals surface area contributed by atoms with Crippen LogP contribution in [-0.2, 0) is 0 Å². The summed E-state index contributed by atoms with van der Waals surface area (Å²) in [6.07, 6.45) is 0.991. The van der Waals surface area contributed by atoms with Crippen LogP contribution in [0.5, 0.6) is 11.5 Å². The van der Waals surface area contributed by atoms with Gasteiger partial charge in [-0.3, -0.25) is 9.69 Å². The van der Waals surface area contributed by atoms with E-state index >= 15 is 0 Å². The minimum Gasteiger partial charge on any atom is -0.507 e. The van der Waals surface area contributed by atoms with Crippen molar-refractivity contribution in [1.29, 1.82) is 0 Å². The molecule has 1 heterocycles. The molecule has 1 aromatic carbocycles. The fourth-order valence-corrected chi connectivity index (χ4v) is 2.77. The monoisotopic (exact) mass is 293 g/mol. The van der Waals surface area contributed by atoms with Crippen molar-refractivity contribution in [1.82, 2.24) is 9.80 Å². The highest BCUT2D eigenvalue weighted by Crippen LogP contribution is 2.28. The Morgan fingerprint density at radius 2 is 1.81 bits per heavy atom. The van der Waals surface area contributed by atoms with Gasteiger partial charge in [0.05, 0.1) is 0 Å². The van der Waals surface area contributed by atoms with Crippen LogP contribution in [0.15, 0.2) is 18.2 Å². The second-order valence-corrected chi connectivity index (χ2v) is 5.30. The van der Waals surface area contributed by atoms with Crippen molar-refractivity contribution in [2.75, 3.05) is 32.7 Å². The Kier molecular flexibility index (Phi) is 5.03. The van der Waals surface area contributed by atoms with Crippen LogP contribution >= 0.6 is 0 Å². The van der Waals surface area contributed by atoms with E-state index in [1.165, 1.54) is 18.2 Å². The third-order valence-corrected chi connectivity index (χ3v) is 4.10. The normalized spacial score (nSPS) is 17.7. The van der Waals surface area contributed by atoms with Gasteiger partial charge in [0.25, 0.3) is 5.91 Å². The lowest BCUT2D eigenvalue weighted by Crippen LogP contribution is -2.53. The number of nitrogens with zero attached hydrogens (tertiary/aromatic N) is 2. The summed E-state index contributed by atoms with van der Waals surface area (Å²) in [5, 5.41) is 19.5. The number of amides is 1. The van der Waals surface area contributed by atoms with Gasteiger partial charge in [0, 0.05) is 38.8 Å². The van der Waals surface area contributed by atoms with Crippen molar-refractivity contribution < 1.29 is 15.0 Å². The van der Waals surface area contributed by atoms with Gasteiger partial charge in [0.15, 0.2) is 0 Å². The molecule has 1 fully saturated rings. The average molecular weight is 293 g/mol. The number of carbonyl (C=O) groups excluding carboxylic acids is 1. The van der Waals surface area contributed by atoms with Gasteiger partial charge in [0.1, 0.15) is 17.1 Å². The van der Waals surface area contributed by atoms with E-state index in [0.717, 1.165) is 19.5 Å². The molecule has 1 atom stereocenters. The van der Waals surface area contributed by atoms with Crippen LogP contribution in [0, 0.1) is 0 Å². The molecule has 1 saturated heterocycles. The van der Waals surface area contributed by atoms with E-state index in [0.29, 0.717) is 25.7 Å². The summed E-state index contributed by atoms with van der Waals surface area (Å²) in [6.45, 7) is 5.39. The van der Waals surface area contributed by atoms with Crippen molar-refractivity contribution in [3.63, 3.8) is 0 Å². The minimum atomic E-state index is -0.328. The van der Waals surface area contributed by atoms with Crippen LogP contribution < -0.4 is 5.73 Å². The van der Waals surface area contributed by atoms with Crippen LogP contribution in [0.25, 0.3) is 0 Å². The molecule has 6 heteroatoms. The zero-order valence-electron chi connectivity index (χ0n) is 12.3. The van der Waals surface area contributed by atoms with Crippen molar-refractivity contribution in [2.24, 2.45) is 5.73 Å². The third kappa shape index (κ3) is 3.28. The summed E-state index contributed by atoms with van der Waals surface area (Å²) < 4.78 is 0. The van der Waals surface area contributed by atoms with Gasteiger partial charge >= 0.3 is 0 Å². The number of benzene rings is 1. The van der Waals surface area contributed by atoms with E-state index in [1.807, 2.05) is 0 Å². The first-order valence-corrected chi connectivity index (χ1v) is 7.32. The molecule has 116 valence electrons. The maximum atomic E-state index is 12.4. The molecule has 1 aliphatic rings. The zero-order chi connectivity index (χ0) is 15.4. The second kappa shape index (κ2) is 6.78. The Labute approximate surface area is 124 Å². The van der Waals surface area contributed by atoms with E-state index in [1.54, 1.807) is 4.90 Å². The van der Waals surface area contributed by atoms with Crippen molar-refractivity contribution in [3.8, 4) is 11.5 Å². The molecule has 0 spiro atoms. The lowest BCUT2D eigenvalue weighted by molar-refractivity contribution is 0.0566. The van der Waals surface area contributed by atoms with Crippen molar-refractivity contribution in [3.05, 3.63) is 23.8 Å². The number of piperazine rings is 1. The number of aromatic hydroxyl groups is 2. The fraction of sp³-hybridized carbons (Fsp3) is 0.533. The van der Waals surface area contributed by atoms with E-state index in [-0.39, 0.29) is 23.0 Å². The molecule has 0 bridgehead atoms. The third-order valence-electron chi connectivity index (χ3n) is 4.10. The molecule has 2 rings (SSSR count). The molecule has 4 N–H and O–H groups in total. The summed E-state index contributed by atoms with van der Waals surface area (Å²) >= 11 is 0. The summed E-state index contributed by atoms with van der Waals surface area (Å²) in [5.41, 5.74) is 5.73. The first-order chi connectivity index (χ1) is 10.1. The first kappa shape index (κ1) is 15.6.